The Morgan fingerprint density at radius 2 is 0.871 bits per heavy atom. The van der Waals surface area contributed by atoms with Gasteiger partial charge in [0.25, 0.3) is 0 Å². The van der Waals surface area contributed by atoms with E-state index >= 15 is 0 Å². The lowest BCUT2D eigenvalue weighted by atomic mass is 9.94. The van der Waals surface area contributed by atoms with Crippen molar-refractivity contribution in [1.82, 2.24) is 10.6 Å². The maximum atomic E-state index is 12.3. The highest BCUT2D eigenvalue weighted by Gasteiger charge is 2.55. The number of rotatable bonds is 19. The van der Waals surface area contributed by atoms with Crippen LogP contribution in [0.4, 0.5) is 0 Å². The third-order valence-electron chi connectivity index (χ3n) is 10.8. The largest absolute Gasteiger partial charge is 0.394 e. The van der Waals surface area contributed by atoms with E-state index < -0.39 is 199 Å². The van der Waals surface area contributed by atoms with E-state index in [4.69, 9.17) is 37.9 Å². The van der Waals surface area contributed by atoms with Crippen molar-refractivity contribution < 1.29 is 129 Å². The van der Waals surface area contributed by atoms with Crippen LogP contribution in [0.5, 0.6) is 0 Å². The van der Waals surface area contributed by atoms with E-state index in [2.05, 4.69) is 10.6 Å². The second kappa shape index (κ2) is 23.4. The van der Waals surface area contributed by atoms with E-state index in [1.807, 2.05) is 0 Å². The lowest BCUT2D eigenvalue weighted by molar-refractivity contribution is -0.360. The Hall–Kier alpha value is -2.02. The van der Waals surface area contributed by atoms with Crippen LogP contribution in [-0.2, 0) is 47.5 Å². The van der Waals surface area contributed by atoms with Crippen LogP contribution in [0.3, 0.4) is 0 Å². The van der Waals surface area contributed by atoms with Gasteiger partial charge >= 0.3 is 0 Å². The number of nitrogens with one attached hydrogen (secondary N) is 2. The van der Waals surface area contributed by atoms with Crippen LogP contribution in [0.1, 0.15) is 13.8 Å². The van der Waals surface area contributed by atoms with Gasteiger partial charge in [0, 0.05) is 13.8 Å². The minimum absolute atomic E-state index is 0.817. The third-order valence-corrected chi connectivity index (χ3v) is 10.8. The number of amides is 2. The van der Waals surface area contributed by atoms with Crippen LogP contribution in [0.15, 0.2) is 0 Å². The van der Waals surface area contributed by atoms with Crippen molar-refractivity contribution in [3.63, 3.8) is 0 Å². The van der Waals surface area contributed by atoms with Crippen molar-refractivity contribution >= 4 is 11.8 Å². The van der Waals surface area contributed by atoms with Gasteiger partial charge in [-0.2, -0.15) is 0 Å². The van der Waals surface area contributed by atoms with E-state index in [9.17, 15) is 91.3 Å². The van der Waals surface area contributed by atoms with Crippen LogP contribution in [0.2, 0.25) is 0 Å². The number of ether oxygens (including phenoxy) is 8. The first-order valence-electron chi connectivity index (χ1n) is 19.5. The molecule has 4 heterocycles. The molecule has 4 aliphatic rings. The Morgan fingerprint density at radius 3 is 1.21 bits per heavy atom. The summed E-state index contributed by atoms with van der Waals surface area (Å²) in [5.41, 5.74) is 0. The summed E-state index contributed by atoms with van der Waals surface area (Å²) < 4.78 is 45.0. The first-order chi connectivity index (χ1) is 29.3. The molecule has 0 spiro atoms. The fourth-order valence-corrected chi connectivity index (χ4v) is 7.42. The van der Waals surface area contributed by atoms with Crippen LogP contribution in [0, 0.1) is 0 Å². The Labute approximate surface area is 352 Å². The molecule has 28 heteroatoms. The summed E-state index contributed by atoms with van der Waals surface area (Å²) in [6.45, 7) is -3.98. The van der Waals surface area contributed by atoms with E-state index in [-0.39, 0.29) is 0 Å². The quantitative estimate of drug-likeness (QED) is 0.0572. The SMILES string of the molecule is CC(=O)N[C@H]1[C@H](O[C@H]([C@H](O)[C@H](CO)O[C@@H]2O[C@H](CO)[C@@H](O[C@@H]3O[C@H](CO)[C@H](O)[C@H](O)[C@H]3O)[C@H](O)[C@H]2NC(C)=O)[C@H](O)CO)O[C@H](CO)[C@@H](O[C@@H]2O[C@H](CO)[C@H](O)[C@H](O)[C@H]2O)[C@@H]1O. The highest BCUT2D eigenvalue weighted by atomic mass is 16.8. The lowest BCUT2D eigenvalue weighted by Crippen LogP contribution is -2.69. The summed E-state index contributed by atoms with van der Waals surface area (Å²) in [6, 6.07) is -3.45. The third kappa shape index (κ3) is 11.9. The van der Waals surface area contributed by atoms with Crippen molar-refractivity contribution in [3.05, 3.63) is 0 Å². The molecule has 0 radical (unpaired) electrons. The summed E-state index contributed by atoms with van der Waals surface area (Å²) in [5, 5.41) is 172. The Balaban J connectivity index is 1.57. The summed E-state index contributed by atoms with van der Waals surface area (Å²) in [6.07, 6.45) is -41.0. The van der Waals surface area contributed by atoms with Crippen molar-refractivity contribution in [3.8, 4) is 0 Å². The molecule has 4 saturated heterocycles. The van der Waals surface area contributed by atoms with Gasteiger partial charge in [-0.15, -0.1) is 0 Å². The molecule has 0 bridgehead atoms. The zero-order valence-corrected chi connectivity index (χ0v) is 33.3. The number of hydrogen-bond donors (Lipinski definition) is 18. The molecular formula is C34H60N2O26. The fourth-order valence-electron chi connectivity index (χ4n) is 7.42. The van der Waals surface area contributed by atoms with Gasteiger partial charge in [0.1, 0.15) is 122 Å². The van der Waals surface area contributed by atoms with Gasteiger partial charge in [-0.1, -0.05) is 0 Å². The maximum absolute atomic E-state index is 12.3. The highest BCUT2D eigenvalue weighted by molar-refractivity contribution is 5.73. The predicted octanol–water partition coefficient (Wildman–Crippen LogP) is -12.0. The lowest BCUT2D eigenvalue weighted by Gasteiger charge is -2.48. The van der Waals surface area contributed by atoms with Gasteiger partial charge in [-0.05, 0) is 0 Å². The summed E-state index contributed by atoms with van der Waals surface area (Å²) in [5.74, 6) is -1.65. The minimum Gasteiger partial charge on any atom is -0.394 e. The first kappa shape index (κ1) is 52.6. The predicted molar refractivity (Wildman–Crippen MR) is 192 cm³/mol. The summed E-state index contributed by atoms with van der Waals surface area (Å²) in [4.78, 5) is 24.6. The normalized spacial score (nSPS) is 43.6. The van der Waals surface area contributed by atoms with Crippen LogP contribution >= 0.6 is 0 Å². The summed E-state index contributed by atoms with van der Waals surface area (Å²) in [7, 11) is 0. The molecule has 362 valence electrons. The Morgan fingerprint density at radius 1 is 0.500 bits per heavy atom. The molecule has 0 aromatic carbocycles. The molecule has 4 rings (SSSR count). The molecule has 2 amide bonds. The molecule has 0 aromatic rings. The molecule has 0 aliphatic carbocycles. The monoisotopic (exact) mass is 912 g/mol. The smallest absolute Gasteiger partial charge is 0.217 e. The number of hydrogen-bond acceptors (Lipinski definition) is 26. The summed E-state index contributed by atoms with van der Waals surface area (Å²) >= 11 is 0. The Bertz CT molecular complexity index is 1390. The van der Waals surface area contributed by atoms with Gasteiger partial charge in [0.05, 0.1) is 39.6 Å². The molecule has 0 unspecified atom stereocenters. The zero-order valence-electron chi connectivity index (χ0n) is 33.3. The first-order valence-corrected chi connectivity index (χ1v) is 19.5. The molecule has 18 N–H and O–H groups in total. The standard InChI is InChI=1S/C34H60N2O26/c1-9(43)35-17-22(49)29(61-33-26(53)24(51)19(46)12(4-38)56-33)15(7-41)58-31(17)55-14(6-40)21(48)28(11(45)3-37)60-32-18(36-10(2)44)23(50)30(16(8-42)59-32)62-34-27(54)25(52)20(47)13(5-39)57-34/h11-34,37-42,45-54H,3-8H2,1-2H3,(H,35,43)(H,36,44)/t11-,12-,13-,14+,15-,16-,17-,18-,19+,20+,21-,22-,23-,24+,25+,26-,27-,28+,29-,30-,31-,32+,33+,34+/m1/s1. The number of aliphatic hydroxyl groups is 16. The Kier molecular flexibility index (Phi) is 19.9. The topological polar surface area (TPSA) is 456 Å². The molecule has 28 nitrogen and oxygen atoms in total. The number of aliphatic hydroxyl groups excluding tert-OH is 16. The second-order valence-corrected chi connectivity index (χ2v) is 15.2. The van der Waals surface area contributed by atoms with Gasteiger partial charge in [-0.25, -0.2) is 0 Å². The van der Waals surface area contributed by atoms with Gasteiger partial charge in [0.15, 0.2) is 25.2 Å². The zero-order chi connectivity index (χ0) is 46.3. The van der Waals surface area contributed by atoms with Crippen molar-refractivity contribution in [2.75, 3.05) is 39.6 Å². The van der Waals surface area contributed by atoms with E-state index in [0.717, 1.165) is 13.8 Å². The highest BCUT2D eigenvalue weighted by Crippen LogP contribution is 2.33. The van der Waals surface area contributed by atoms with E-state index in [0.29, 0.717) is 0 Å². The second-order valence-electron chi connectivity index (χ2n) is 15.2. The van der Waals surface area contributed by atoms with E-state index in [1.54, 1.807) is 0 Å². The van der Waals surface area contributed by atoms with E-state index in [1.165, 1.54) is 0 Å². The van der Waals surface area contributed by atoms with Crippen molar-refractivity contribution in [2.45, 2.75) is 161 Å². The van der Waals surface area contributed by atoms with Crippen LogP contribution in [0.25, 0.3) is 0 Å². The molecule has 4 aliphatic heterocycles. The van der Waals surface area contributed by atoms with Crippen LogP contribution < -0.4 is 10.6 Å². The molecule has 4 fully saturated rings. The van der Waals surface area contributed by atoms with Gasteiger partial charge < -0.3 is 130 Å². The van der Waals surface area contributed by atoms with Crippen LogP contribution in [-0.4, -0.2) is 280 Å². The van der Waals surface area contributed by atoms with Crippen molar-refractivity contribution in [1.29, 1.82) is 0 Å². The molecule has 0 saturated carbocycles. The molecule has 62 heavy (non-hydrogen) atoms. The average Bonchev–Trinajstić information content (AvgIpc) is 3.24. The van der Waals surface area contributed by atoms with Gasteiger partial charge in [-0.3, -0.25) is 9.59 Å². The average molecular weight is 913 g/mol. The van der Waals surface area contributed by atoms with Crippen molar-refractivity contribution in [2.24, 2.45) is 0 Å². The molecule has 0 aromatic heterocycles. The van der Waals surface area contributed by atoms with Gasteiger partial charge in [0.2, 0.25) is 11.8 Å². The minimum atomic E-state index is -2.27. The molecular weight excluding hydrogens is 852 g/mol. The number of carbonyl (C=O) groups excluding carboxylic acids is 2. The maximum Gasteiger partial charge on any atom is 0.217 e. The fraction of sp³-hybridized carbons (Fsp3) is 0.941. The number of carbonyl (C=O) groups is 2. The molecule has 24 atom stereocenters.